The molecule has 24 heavy (non-hydrogen) atoms. The van der Waals surface area contributed by atoms with E-state index in [-0.39, 0.29) is 18.6 Å². The lowest BCUT2D eigenvalue weighted by molar-refractivity contribution is -0.137. The fourth-order valence-electron chi connectivity index (χ4n) is 2.96. The Bertz CT molecular complexity index is 701. The number of β-amino-alcohol motifs (C(OH)–C–C–N with tert-alkyl or cyclic N) is 1. The lowest BCUT2D eigenvalue weighted by atomic mass is 10.0. The van der Waals surface area contributed by atoms with Crippen LogP contribution in [0, 0.1) is 0 Å². The van der Waals surface area contributed by atoms with Crippen LogP contribution in [0.4, 0.5) is 0 Å². The van der Waals surface area contributed by atoms with Gasteiger partial charge in [-0.2, -0.15) is 0 Å². The number of amides is 1. The van der Waals surface area contributed by atoms with Crippen LogP contribution in [0.25, 0.3) is 10.9 Å². The summed E-state index contributed by atoms with van der Waals surface area (Å²) < 4.78 is 11.0. The van der Waals surface area contributed by atoms with Crippen molar-refractivity contribution >= 4 is 16.8 Å². The van der Waals surface area contributed by atoms with E-state index < -0.39 is 6.10 Å². The van der Waals surface area contributed by atoms with Gasteiger partial charge in [0.2, 0.25) is 5.91 Å². The molecule has 0 aliphatic carbocycles. The summed E-state index contributed by atoms with van der Waals surface area (Å²) in [5.41, 5.74) is 0.858. The molecule has 6 heteroatoms. The van der Waals surface area contributed by atoms with Gasteiger partial charge in [0.15, 0.2) is 0 Å². The van der Waals surface area contributed by atoms with Crippen molar-refractivity contribution < 1.29 is 19.4 Å². The summed E-state index contributed by atoms with van der Waals surface area (Å²) in [4.78, 5) is 18.0. The molecule has 1 N–H and O–H groups in total. The van der Waals surface area contributed by atoms with Gasteiger partial charge in [0.25, 0.3) is 0 Å². The number of ether oxygens (including phenoxy) is 2. The average molecular weight is 330 g/mol. The van der Waals surface area contributed by atoms with E-state index in [1.165, 1.54) is 0 Å². The molecule has 0 bridgehead atoms. The van der Waals surface area contributed by atoms with Gasteiger partial charge in [-0.15, -0.1) is 0 Å². The standard InChI is InChI=1S/C18H22N2O4/c1-23-11-8-18(22)20-10-7-17(15(21)12-20)24-16-6-2-5-14-13(16)4-3-9-19-14/h2-6,9,15,17,21H,7-8,10-12H2,1H3/t15-,17-/m1/s1. The van der Waals surface area contributed by atoms with Crippen molar-refractivity contribution in [3.05, 3.63) is 36.5 Å². The zero-order valence-electron chi connectivity index (χ0n) is 13.7. The second-order valence-electron chi connectivity index (χ2n) is 5.92. The van der Waals surface area contributed by atoms with E-state index in [2.05, 4.69) is 4.98 Å². The van der Waals surface area contributed by atoms with Crippen molar-refractivity contribution in [3.8, 4) is 5.75 Å². The molecule has 1 aromatic carbocycles. The Hall–Kier alpha value is -2.18. The number of benzene rings is 1. The number of carbonyl (C=O) groups is 1. The van der Waals surface area contributed by atoms with Gasteiger partial charge >= 0.3 is 0 Å². The van der Waals surface area contributed by atoms with Crippen LogP contribution in [0.3, 0.4) is 0 Å². The SMILES string of the molecule is COCCC(=O)N1CC[C@@H](Oc2cccc3ncccc23)[C@H](O)C1. The quantitative estimate of drug-likeness (QED) is 0.902. The van der Waals surface area contributed by atoms with Gasteiger partial charge in [0.1, 0.15) is 18.0 Å². The smallest absolute Gasteiger partial charge is 0.224 e. The molecule has 1 fully saturated rings. The number of hydrogen-bond donors (Lipinski definition) is 1. The van der Waals surface area contributed by atoms with E-state index in [4.69, 9.17) is 9.47 Å². The van der Waals surface area contributed by atoms with Crippen LogP contribution in [0.2, 0.25) is 0 Å². The third-order valence-corrected chi connectivity index (χ3v) is 4.28. The van der Waals surface area contributed by atoms with Crippen LogP contribution in [0.1, 0.15) is 12.8 Å². The Morgan fingerprint density at radius 2 is 2.25 bits per heavy atom. The molecular formula is C18H22N2O4. The fraction of sp³-hybridized carbons (Fsp3) is 0.444. The van der Waals surface area contributed by atoms with Gasteiger partial charge in [0, 0.05) is 31.7 Å². The monoisotopic (exact) mass is 330 g/mol. The van der Waals surface area contributed by atoms with Crippen molar-refractivity contribution in [2.24, 2.45) is 0 Å². The molecule has 128 valence electrons. The molecule has 2 heterocycles. The van der Waals surface area contributed by atoms with Gasteiger partial charge in [-0.3, -0.25) is 9.78 Å². The highest BCUT2D eigenvalue weighted by Gasteiger charge is 2.31. The predicted octanol–water partition coefficient (Wildman–Crippen LogP) is 1.61. The number of aliphatic hydroxyl groups is 1. The molecule has 1 aliphatic heterocycles. The molecular weight excluding hydrogens is 308 g/mol. The molecule has 0 radical (unpaired) electrons. The Kier molecular flexibility index (Phi) is 5.27. The van der Waals surface area contributed by atoms with E-state index in [0.717, 1.165) is 10.9 Å². The average Bonchev–Trinajstić information content (AvgIpc) is 2.61. The van der Waals surface area contributed by atoms with E-state index in [1.54, 1.807) is 18.2 Å². The largest absolute Gasteiger partial charge is 0.487 e. The summed E-state index contributed by atoms with van der Waals surface area (Å²) in [7, 11) is 1.57. The Labute approximate surface area is 141 Å². The third kappa shape index (κ3) is 3.66. The Balaban J connectivity index is 1.66. The van der Waals surface area contributed by atoms with Crippen molar-refractivity contribution in [1.29, 1.82) is 0 Å². The highest BCUT2D eigenvalue weighted by atomic mass is 16.5. The first-order chi connectivity index (χ1) is 11.7. The first-order valence-electron chi connectivity index (χ1n) is 8.14. The number of aliphatic hydroxyl groups excluding tert-OH is 1. The number of likely N-dealkylation sites (tertiary alicyclic amines) is 1. The number of carbonyl (C=O) groups excluding carboxylic acids is 1. The molecule has 0 saturated carbocycles. The Morgan fingerprint density at radius 3 is 3.04 bits per heavy atom. The number of methoxy groups -OCH3 is 1. The van der Waals surface area contributed by atoms with Crippen molar-refractivity contribution in [2.45, 2.75) is 25.0 Å². The maximum absolute atomic E-state index is 12.0. The van der Waals surface area contributed by atoms with Crippen LogP contribution >= 0.6 is 0 Å². The predicted molar refractivity (Wildman–Crippen MR) is 89.9 cm³/mol. The summed E-state index contributed by atoms with van der Waals surface area (Å²) in [6, 6.07) is 9.51. The summed E-state index contributed by atoms with van der Waals surface area (Å²) >= 11 is 0. The molecule has 1 amide bonds. The minimum absolute atomic E-state index is 0.00344. The number of piperidine rings is 1. The second kappa shape index (κ2) is 7.59. The van der Waals surface area contributed by atoms with Gasteiger partial charge < -0.3 is 19.5 Å². The van der Waals surface area contributed by atoms with Crippen LogP contribution in [0.5, 0.6) is 5.75 Å². The lowest BCUT2D eigenvalue weighted by Crippen LogP contribution is -2.51. The number of fused-ring (bicyclic) bond motifs is 1. The van der Waals surface area contributed by atoms with Gasteiger partial charge in [-0.05, 0) is 24.3 Å². The second-order valence-corrected chi connectivity index (χ2v) is 5.92. The van der Waals surface area contributed by atoms with Crippen molar-refractivity contribution in [1.82, 2.24) is 9.88 Å². The number of aromatic nitrogens is 1. The topological polar surface area (TPSA) is 71.9 Å². The molecule has 1 aliphatic rings. The lowest BCUT2D eigenvalue weighted by Gasteiger charge is -2.36. The number of hydrogen-bond acceptors (Lipinski definition) is 5. The first kappa shape index (κ1) is 16.7. The number of pyridine rings is 1. The number of nitrogens with zero attached hydrogens (tertiary/aromatic N) is 2. The molecule has 0 spiro atoms. The van der Waals surface area contributed by atoms with E-state index in [0.29, 0.717) is 31.7 Å². The van der Waals surface area contributed by atoms with Crippen LogP contribution in [-0.2, 0) is 9.53 Å². The fourth-order valence-corrected chi connectivity index (χ4v) is 2.96. The van der Waals surface area contributed by atoms with Crippen molar-refractivity contribution in [3.63, 3.8) is 0 Å². The van der Waals surface area contributed by atoms with Gasteiger partial charge in [-0.25, -0.2) is 0 Å². The van der Waals surface area contributed by atoms with Gasteiger partial charge in [-0.1, -0.05) is 6.07 Å². The highest BCUT2D eigenvalue weighted by Crippen LogP contribution is 2.27. The normalized spacial score (nSPS) is 21.0. The van der Waals surface area contributed by atoms with Crippen LogP contribution in [-0.4, -0.2) is 59.9 Å². The molecule has 6 nitrogen and oxygen atoms in total. The molecule has 2 atom stereocenters. The zero-order chi connectivity index (χ0) is 16.9. The maximum Gasteiger partial charge on any atom is 0.224 e. The molecule has 1 saturated heterocycles. The van der Waals surface area contributed by atoms with E-state index >= 15 is 0 Å². The summed E-state index contributed by atoms with van der Waals surface area (Å²) in [6.45, 7) is 1.26. The summed E-state index contributed by atoms with van der Waals surface area (Å²) in [5, 5.41) is 11.3. The van der Waals surface area contributed by atoms with E-state index in [1.807, 2.05) is 30.3 Å². The van der Waals surface area contributed by atoms with E-state index in [9.17, 15) is 9.90 Å². The Morgan fingerprint density at radius 1 is 1.38 bits per heavy atom. The third-order valence-electron chi connectivity index (χ3n) is 4.28. The number of rotatable bonds is 5. The molecule has 2 aromatic rings. The summed E-state index contributed by atoms with van der Waals surface area (Å²) in [6.07, 6.45) is 1.63. The molecule has 0 unspecified atom stereocenters. The molecule has 3 rings (SSSR count). The summed E-state index contributed by atoms with van der Waals surface area (Å²) in [5.74, 6) is 0.715. The van der Waals surface area contributed by atoms with Gasteiger partial charge in [0.05, 0.1) is 25.1 Å². The van der Waals surface area contributed by atoms with Crippen molar-refractivity contribution in [2.75, 3.05) is 26.8 Å². The minimum atomic E-state index is -0.711. The minimum Gasteiger partial charge on any atom is -0.487 e. The highest BCUT2D eigenvalue weighted by molar-refractivity contribution is 5.84. The first-order valence-corrected chi connectivity index (χ1v) is 8.14. The van der Waals surface area contributed by atoms with Crippen LogP contribution in [0.15, 0.2) is 36.5 Å². The zero-order valence-corrected chi connectivity index (χ0v) is 13.7. The molecule has 1 aromatic heterocycles. The van der Waals surface area contributed by atoms with Crippen LogP contribution < -0.4 is 4.74 Å². The maximum atomic E-state index is 12.0.